The molecule has 1 heterocycles. The summed E-state index contributed by atoms with van der Waals surface area (Å²) in [5, 5.41) is 8.95. The van der Waals surface area contributed by atoms with Gasteiger partial charge in [-0.25, -0.2) is 4.39 Å². The highest BCUT2D eigenvalue weighted by atomic mass is 19.1. The molecule has 1 aliphatic heterocycles. The standard InChI is InChI=1S/C13H20FN3O/c14-11-2-3-12(15)13(10-11)17-5-1-4-16(6-7-17)8-9-18/h2-3,10,18H,1,4-9,15H2. The van der Waals surface area contributed by atoms with Crippen LogP contribution in [0.15, 0.2) is 18.2 Å². The highest BCUT2D eigenvalue weighted by Crippen LogP contribution is 2.25. The number of aliphatic hydroxyl groups excluding tert-OH is 1. The van der Waals surface area contributed by atoms with Gasteiger partial charge >= 0.3 is 0 Å². The number of β-amino-alcohol motifs (C(OH)–C–C–N with tert-alkyl or cyclic N) is 1. The van der Waals surface area contributed by atoms with Crippen molar-refractivity contribution in [2.45, 2.75) is 6.42 Å². The van der Waals surface area contributed by atoms with Gasteiger partial charge in [-0.05, 0) is 31.2 Å². The SMILES string of the molecule is Nc1ccc(F)cc1N1CCCN(CCO)CC1. The van der Waals surface area contributed by atoms with Crippen LogP contribution in [-0.4, -0.2) is 49.3 Å². The van der Waals surface area contributed by atoms with Gasteiger partial charge in [-0.3, -0.25) is 4.90 Å². The molecule has 3 N–H and O–H groups in total. The molecule has 1 saturated heterocycles. The Hall–Kier alpha value is -1.33. The first-order valence-corrected chi connectivity index (χ1v) is 6.34. The predicted molar refractivity (Wildman–Crippen MR) is 71.2 cm³/mol. The van der Waals surface area contributed by atoms with Crippen molar-refractivity contribution in [1.29, 1.82) is 0 Å². The van der Waals surface area contributed by atoms with Gasteiger partial charge in [-0.1, -0.05) is 0 Å². The molecule has 0 aliphatic carbocycles. The molecule has 5 heteroatoms. The average Bonchev–Trinajstić information content (AvgIpc) is 2.58. The van der Waals surface area contributed by atoms with Gasteiger partial charge in [0.15, 0.2) is 0 Å². The smallest absolute Gasteiger partial charge is 0.125 e. The van der Waals surface area contributed by atoms with Gasteiger partial charge in [0.1, 0.15) is 5.82 Å². The minimum absolute atomic E-state index is 0.183. The van der Waals surface area contributed by atoms with Crippen LogP contribution in [0.1, 0.15) is 6.42 Å². The van der Waals surface area contributed by atoms with E-state index in [9.17, 15) is 4.39 Å². The van der Waals surface area contributed by atoms with E-state index in [1.54, 1.807) is 6.07 Å². The Morgan fingerprint density at radius 2 is 2.06 bits per heavy atom. The van der Waals surface area contributed by atoms with Gasteiger partial charge < -0.3 is 15.7 Å². The molecule has 0 unspecified atom stereocenters. The molecule has 0 saturated carbocycles. The van der Waals surface area contributed by atoms with E-state index in [4.69, 9.17) is 10.8 Å². The van der Waals surface area contributed by atoms with Gasteiger partial charge in [0, 0.05) is 26.2 Å². The zero-order valence-electron chi connectivity index (χ0n) is 10.5. The third kappa shape index (κ3) is 3.11. The Morgan fingerprint density at radius 1 is 1.22 bits per heavy atom. The van der Waals surface area contributed by atoms with Crippen molar-refractivity contribution in [3.63, 3.8) is 0 Å². The summed E-state index contributed by atoms with van der Waals surface area (Å²) in [5.74, 6) is -0.254. The molecule has 0 spiro atoms. The summed E-state index contributed by atoms with van der Waals surface area (Å²) < 4.78 is 13.3. The summed E-state index contributed by atoms with van der Waals surface area (Å²) in [4.78, 5) is 4.34. The highest BCUT2D eigenvalue weighted by molar-refractivity contribution is 5.67. The monoisotopic (exact) mass is 253 g/mol. The van der Waals surface area contributed by atoms with Crippen LogP contribution in [0, 0.1) is 5.82 Å². The number of rotatable bonds is 3. The summed E-state index contributed by atoms with van der Waals surface area (Å²) in [6, 6.07) is 4.49. The molecule has 0 atom stereocenters. The highest BCUT2D eigenvalue weighted by Gasteiger charge is 2.16. The lowest BCUT2D eigenvalue weighted by Crippen LogP contribution is -2.32. The van der Waals surface area contributed by atoms with Gasteiger partial charge in [0.25, 0.3) is 0 Å². The molecule has 4 nitrogen and oxygen atoms in total. The number of anilines is 2. The molecule has 0 bridgehead atoms. The summed E-state index contributed by atoms with van der Waals surface area (Å²) in [6.07, 6.45) is 0.996. The third-order valence-electron chi connectivity index (χ3n) is 3.34. The van der Waals surface area contributed by atoms with E-state index in [1.807, 2.05) is 0 Å². The van der Waals surface area contributed by atoms with Crippen molar-refractivity contribution in [1.82, 2.24) is 4.90 Å². The minimum atomic E-state index is -0.254. The molecule has 1 fully saturated rings. The van der Waals surface area contributed by atoms with Crippen molar-refractivity contribution in [2.75, 3.05) is 50.0 Å². The first-order chi connectivity index (χ1) is 8.70. The lowest BCUT2D eigenvalue weighted by atomic mass is 10.2. The second kappa shape index (κ2) is 6.02. The van der Waals surface area contributed by atoms with E-state index in [0.717, 1.165) is 38.3 Å². The van der Waals surface area contributed by atoms with Crippen molar-refractivity contribution >= 4 is 11.4 Å². The van der Waals surface area contributed by atoms with E-state index in [0.29, 0.717) is 12.2 Å². The van der Waals surface area contributed by atoms with Crippen LogP contribution in [0.2, 0.25) is 0 Å². The van der Waals surface area contributed by atoms with Crippen LogP contribution in [-0.2, 0) is 0 Å². The Bertz CT molecular complexity index is 400. The largest absolute Gasteiger partial charge is 0.397 e. The number of hydrogen-bond acceptors (Lipinski definition) is 4. The van der Waals surface area contributed by atoms with Crippen LogP contribution in [0.25, 0.3) is 0 Å². The summed E-state index contributed by atoms with van der Waals surface area (Å²) >= 11 is 0. The maximum Gasteiger partial charge on any atom is 0.125 e. The van der Waals surface area contributed by atoms with Crippen molar-refractivity contribution in [3.8, 4) is 0 Å². The first-order valence-electron chi connectivity index (χ1n) is 6.34. The second-order valence-electron chi connectivity index (χ2n) is 4.61. The van der Waals surface area contributed by atoms with E-state index in [2.05, 4.69) is 9.80 Å². The minimum Gasteiger partial charge on any atom is -0.397 e. The van der Waals surface area contributed by atoms with Gasteiger partial charge in [-0.15, -0.1) is 0 Å². The summed E-state index contributed by atoms with van der Waals surface area (Å²) in [6.45, 7) is 4.40. The molecule has 0 amide bonds. The topological polar surface area (TPSA) is 52.7 Å². The van der Waals surface area contributed by atoms with Crippen molar-refractivity contribution in [2.24, 2.45) is 0 Å². The Kier molecular flexibility index (Phi) is 4.38. The summed E-state index contributed by atoms with van der Waals surface area (Å²) in [5.41, 5.74) is 7.30. The van der Waals surface area contributed by atoms with Crippen molar-refractivity contribution in [3.05, 3.63) is 24.0 Å². The lowest BCUT2D eigenvalue weighted by Gasteiger charge is -2.24. The fraction of sp³-hybridized carbons (Fsp3) is 0.538. The average molecular weight is 253 g/mol. The molecule has 1 aliphatic rings. The molecule has 1 aromatic carbocycles. The maximum atomic E-state index is 13.3. The van der Waals surface area contributed by atoms with Crippen LogP contribution in [0.4, 0.5) is 15.8 Å². The first kappa shape index (κ1) is 13.1. The lowest BCUT2D eigenvalue weighted by molar-refractivity contribution is 0.204. The molecular weight excluding hydrogens is 233 g/mol. The molecule has 18 heavy (non-hydrogen) atoms. The van der Waals surface area contributed by atoms with E-state index >= 15 is 0 Å². The van der Waals surface area contributed by atoms with Crippen molar-refractivity contribution < 1.29 is 9.50 Å². The van der Waals surface area contributed by atoms with Gasteiger partial charge in [0.05, 0.1) is 18.0 Å². The number of nitrogen functional groups attached to an aromatic ring is 1. The van der Waals surface area contributed by atoms with E-state index in [-0.39, 0.29) is 12.4 Å². The molecular formula is C13H20FN3O. The number of halogens is 1. The molecule has 100 valence electrons. The molecule has 0 aromatic heterocycles. The predicted octanol–water partition coefficient (Wildman–Crippen LogP) is 0.912. The normalized spacial score (nSPS) is 17.8. The number of hydrogen-bond donors (Lipinski definition) is 2. The quantitative estimate of drug-likeness (QED) is 0.786. The molecule has 1 aromatic rings. The molecule has 2 rings (SSSR count). The summed E-state index contributed by atoms with van der Waals surface area (Å²) in [7, 11) is 0. The Labute approximate surface area is 107 Å². The van der Waals surface area contributed by atoms with E-state index in [1.165, 1.54) is 12.1 Å². The zero-order valence-corrected chi connectivity index (χ0v) is 10.5. The van der Waals surface area contributed by atoms with Crippen LogP contribution in [0.5, 0.6) is 0 Å². The molecule has 0 radical (unpaired) electrons. The zero-order chi connectivity index (χ0) is 13.0. The fourth-order valence-corrected chi connectivity index (χ4v) is 2.37. The Morgan fingerprint density at radius 3 is 2.83 bits per heavy atom. The fourth-order valence-electron chi connectivity index (χ4n) is 2.37. The number of benzene rings is 1. The maximum absolute atomic E-state index is 13.3. The van der Waals surface area contributed by atoms with Gasteiger partial charge in [0.2, 0.25) is 0 Å². The number of nitrogens with two attached hydrogens (primary N) is 1. The van der Waals surface area contributed by atoms with Crippen LogP contribution in [0.3, 0.4) is 0 Å². The third-order valence-corrected chi connectivity index (χ3v) is 3.34. The number of nitrogens with zero attached hydrogens (tertiary/aromatic N) is 2. The van der Waals surface area contributed by atoms with Gasteiger partial charge in [-0.2, -0.15) is 0 Å². The second-order valence-corrected chi connectivity index (χ2v) is 4.61. The van der Waals surface area contributed by atoms with Crippen LogP contribution >= 0.6 is 0 Å². The van der Waals surface area contributed by atoms with E-state index < -0.39 is 0 Å². The number of aliphatic hydroxyl groups is 1. The Balaban J connectivity index is 2.07. The van der Waals surface area contributed by atoms with Crippen LogP contribution < -0.4 is 10.6 Å².